The summed E-state index contributed by atoms with van der Waals surface area (Å²) in [5.74, 6) is 0.618. The molecule has 0 aliphatic rings. The zero-order valence-electron chi connectivity index (χ0n) is 10.7. The van der Waals surface area contributed by atoms with Crippen molar-refractivity contribution in [2.24, 2.45) is 11.7 Å². The Bertz CT molecular complexity index is 151. The molecule has 0 aliphatic carbocycles. The summed E-state index contributed by atoms with van der Waals surface area (Å²) in [6, 6.07) is 0.219. The smallest absolute Gasteiger partial charge is 0.0601 e. The van der Waals surface area contributed by atoms with E-state index >= 15 is 0 Å². The van der Waals surface area contributed by atoms with Crippen LogP contribution in [0.25, 0.3) is 0 Å². The van der Waals surface area contributed by atoms with Crippen molar-refractivity contribution in [2.75, 3.05) is 19.7 Å². The Morgan fingerprint density at radius 3 is 2.20 bits per heavy atom. The van der Waals surface area contributed by atoms with Crippen LogP contribution in [0.5, 0.6) is 0 Å². The third-order valence-electron chi connectivity index (χ3n) is 2.78. The number of nitrogens with two attached hydrogens (primary N) is 1. The quantitative estimate of drug-likeness (QED) is 0.646. The molecular weight excluding hydrogens is 188 g/mol. The predicted molar refractivity (Wildman–Crippen MR) is 65.8 cm³/mol. The topological polar surface area (TPSA) is 49.5 Å². The van der Waals surface area contributed by atoms with E-state index in [2.05, 4.69) is 32.6 Å². The Labute approximate surface area is 94.6 Å². The molecule has 3 nitrogen and oxygen atoms in total. The van der Waals surface area contributed by atoms with Gasteiger partial charge >= 0.3 is 0 Å². The van der Waals surface area contributed by atoms with Crippen LogP contribution in [-0.2, 0) is 0 Å². The van der Waals surface area contributed by atoms with Gasteiger partial charge in [-0.15, -0.1) is 0 Å². The number of likely N-dealkylation sites (N-methyl/N-ethyl adjacent to an activating group) is 1. The second-order valence-corrected chi connectivity index (χ2v) is 4.68. The molecule has 0 bridgehead atoms. The van der Waals surface area contributed by atoms with E-state index in [1.54, 1.807) is 0 Å². The molecule has 0 aromatic rings. The van der Waals surface area contributed by atoms with E-state index in [1.165, 1.54) is 0 Å². The fourth-order valence-corrected chi connectivity index (χ4v) is 2.02. The van der Waals surface area contributed by atoms with Gasteiger partial charge in [-0.05, 0) is 18.9 Å². The lowest BCUT2D eigenvalue weighted by molar-refractivity contribution is 0.0956. The van der Waals surface area contributed by atoms with Gasteiger partial charge in [-0.25, -0.2) is 0 Å². The highest BCUT2D eigenvalue weighted by Crippen LogP contribution is 2.10. The van der Waals surface area contributed by atoms with E-state index < -0.39 is 0 Å². The van der Waals surface area contributed by atoms with Gasteiger partial charge in [-0.3, -0.25) is 4.90 Å². The predicted octanol–water partition coefficient (Wildman–Crippen LogP) is 1.45. The summed E-state index contributed by atoms with van der Waals surface area (Å²) < 4.78 is 0. The molecule has 2 atom stereocenters. The van der Waals surface area contributed by atoms with Crippen molar-refractivity contribution in [1.29, 1.82) is 0 Å². The molecule has 0 saturated carbocycles. The van der Waals surface area contributed by atoms with Crippen LogP contribution in [0.2, 0.25) is 0 Å². The Morgan fingerprint density at radius 2 is 1.87 bits per heavy atom. The van der Waals surface area contributed by atoms with Gasteiger partial charge in [0.15, 0.2) is 0 Å². The summed E-state index contributed by atoms with van der Waals surface area (Å²) in [5, 5.41) is 9.42. The van der Waals surface area contributed by atoms with Gasteiger partial charge < -0.3 is 10.8 Å². The Hall–Kier alpha value is -0.120. The Morgan fingerprint density at radius 1 is 1.27 bits per heavy atom. The Kier molecular flexibility index (Phi) is 8.02. The van der Waals surface area contributed by atoms with E-state index in [9.17, 15) is 5.11 Å². The van der Waals surface area contributed by atoms with Crippen LogP contribution in [0.3, 0.4) is 0 Å². The summed E-state index contributed by atoms with van der Waals surface area (Å²) in [6.07, 6.45) is 2.07. The lowest BCUT2D eigenvalue weighted by Gasteiger charge is -2.34. The normalized spacial score (nSPS) is 16.0. The number of aliphatic hydroxyl groups is 1. The van der Waals surface area contributed by atoms with E-state index in [4.69, 9.17) is 5.73 Å². The first-order valence-corrected chi connectivity index (χ1v) is 6.17. The fraction of sp³-hybridized carbons (Fsp3) is 1.00. The van der Waals surface area contributed by atoms with Crippen molar-refractivity contribution < 1.29 is 5.11 Å². The number of rotatable bonds is 8. The largest absolute Gasteiger partial charge is 0.395 e. The van der Waals surface area contributed by atoms with Crippen LogP contribution in [-0.4, -0.2) is 41.8 Å². The number of hydrogen-bond donors (Lipinski definition) is 2. The number of hydrogen-bond acceptors (Lipinski definition) is 3. The first kappa shape index (κ1) is 14.9. The van der Waals surface area contributed by atoms with Crippen LogP contribution in [0, 0.1) is 5.92 Å². The van der Waals surface area contributed by atoms with Gasteiger partial charge in [-0.2, -0.15) is 0 Å². The SMILES string of the molecule is CCCC(N)C(CO)N(CC)CC(C)C. The van der Waals surface area contributed by atoms with Crippen LogP contribution in [0.1, 0.15) is 40.5 Å². The Balaban J connectivity index is 4.31. The lowest BCUT2D eigenvalue weighted by atomic mass is 10.0. The molecular formula is C12H28N2O. The maximum Gasteiger partial charge on any atom is 0.0601 e. The molecule has 0 aromatic carbocycles. The molecule has 0 fully saturated rings. The molecule has 0 amide bonds. The molecule has 92 valence electrons. The van der Waals surface area contributed by atoms with Crippen molar-refractivity contribution in [3.63, 3.8) is 0 Å². The number of nitrogens with zero attached hydrogens (tertiary/aromatic N) is 1. The third-order valence-corrected chi connectivity index (χ3v) is 2.78. The maximum atomic E-state index is 9.42. The molecule has 0 aliphatic heterocycles. The summed E-state index contributed by atoms with van der Waals surface area (Å²) in [4.78, 5) is 2.30. The van der Waals surface area contributed by atoms with Gasteiger partial charge in [-0.1, -0.05) is 34.1 Å². The third kappa shape index (κ3) is 5.50. The van der Waals surface area contributed by atoms with E-state index in [0.717, 1.165) is 25.9 Å². The minimum Gasteiger partial charge on any atom is -0.395 e. The summed E-state index contributed by atoms with van der Waals surface area (Å²) in [6.45, 7) is 10.8. The van der Waals surface area contributed by atoms with E-state index in [0.29, 0.717) is 5.92 Å². The van der Waals surface area contributed by atoms with E-state index in [1.807, 2.05) is 0 Å². The lowest BCUT2D eigenvalue weighted by Crippen LogP contribution is -2.51. The molecule has 2 unspecified atom stereocenters. The molecule has 3 N–H and O–H groups in total. The van der Waals surface area contributed by atoms with Crippen LogP contribution >= 0.6 is 0 Å². The van der Waals surface area contributed by atoms with Gasteiger partial charge in [0.25, 0.3) is 0 Å². The highest BCUT2D eigenvalue weighted by molar-refractivity contribution is 4.81. The molecule has 0 heterocycles. The standard InChI is InChI=1S/C12H28N2O/c1-5-7-11(13)12(9-15)14(6-2)8-10(3)4/h10-12,15H,5-9,13H2,1-4H3. The highest BCUT2D eigenvalue weighted by Gasteiger charge is 2.22. The van der Waals surface area contributed by atoms with Crippen LogP contribution < -0.4 is 5.73 Å². The molecule has 15 heavy (non-hydrogen) atoms. The van der Waals surface area contributed by atoms with Crippen molar-refractivity contribution in [2.45, 2.75) is 52.6 Å². The zero-order valence-corrected chi connectivity index (χ0v) is 10.7. The van der Waals surface area contributed by atoms with Gasteiger partial charge in [0.2, 0.25) is 0 Å². The van der Waals surface area contributed by atoms with Crippen molar-refractivity contribution in [3.8, 4) is 0 Å². The van der Waals surface area contributed by atoms with Crippen LogP contribution in [0.15, 0.2) is 0 Å². The van der Waals surface area contributed by atoms with Crippen molar-refractivity contribution >= 4 is 0 Å². The van der Waals surface area contributed by atoms with Gasteiger partial charge in [0, 0.05) is 18.6 Å². The molecule has 3 heteroatoms. The molecule has 0 spiro atoms. The number of aliphatic hydroxyl groups excluding tert-OH is 1. The zero-order chi connectivity index (χ0) is 11.8. The van der Waals surface area contributed by atoms with Gasteiger partial charge in [0.05, 0.1) is 6.61 Å². The average molecular weight is 216 g/mol. The summed E-state index contributed by atoms with van der Waals surface area (Å²) >= 11 is 0. The average Bonchev–Trinajstić information content (AvgIpc) is 2.17. The minimum atomic E-state index is 0.0960. The summed E-state index contributed by atoms with van der Waals surface area (Å²) in [7, 11) is 0. The fourth-order valence-electron chi connectivity index (χ4n) is 2.02. The first-order chi connectivity index (χ1) is 7.06. The maximum absolute atomic E-state index is 9.42. The van der Waals surface area contributed by atoms with Crippen LogP contribution in [0.4, 0.5) is 0 Å². The highest BCUT2D eigenvalue weighted by atomic mass is 16.3. The first-order valence-electron chi connectivity index (χ1n) is 6.17. The van der Waals surface area contributed by atoms with Gasteiger partial charge in [0.1, 0.15) is 0 Å². The molecule has 0 aromatic heterocycles. The molecule has 0 radical (unpaired) electrons. The summed E-state index contributed by atoms with van der Waals surface area (Å²) in [5.41, 5.74) is 6.09. The molecule has 0 saturated heterocycles. The molecule has 0 rings (SSSR count). The van der Waals surface area contributed by atoms with Crippen molar-refractivity contribution in [3.05, 3.63) is 0 Å². The second kappa shape index (κ2) is 8.08. The second-order valence-electron chi connectivity index (χ2n) is 4.68. The van der Waals surface area contributed by atoms with E-state index in [-0.39, 0.29) is 18.7 Å². The van der Waals surface area contributed by atoms with Crippen molar-refractivity contribution in [1.82, 2.24) is 4.90 Å². The minimum absolute atomic E-state index is 0.0960. The monoisotopic (exact) mass is 216 g/mol.